The SMILES string of the molecule is COc1cncc(Br)c1CCCS. The number of hydrogen-bond acceptors (Lipinski definition) is 3. The van der Waals surface area contributed by atoms with Gasteiger partial charge in [-0.3, -0.25) is 4.98 Å². The van der Waals surface area contributed by atoms with Crippen LogP contribution in [0.4, 0.5) is 0 Å². The monoisotopic (exact) mass is 261 g/mol. The van der Waals surface area contributed by atoms with Crippen molar-refractivity contribution >= 4 is 28.6 Å². The summed E-state index contributed by atoms with van der Waals surface area (Å²) in [5.41, 5.74) is 1.17. The molecule has 0 aromatic carbocycles. The van der Waals surface area contributed by atoms with Crippen LogP contribution in [0.25, 0.3) is 0 Å². The van der Waals surface area contributed by atoms with Gasteiger partial charge in [-0.05, 0) is 34.5 Å². The zero-order valence-corrected chi connectivity index (χ0v) is 9.94. The number of halogens is 1. The van der Waals surface area contributed by atoms with Crippen LogP contribution in [-0.4, -0.2) is 17.8 Å². The summed E-state index contributed by atoms with van der Waals surface area (Å²) in [6.45, 7) is 0. The fourth-order valence-corrected chi connectivity index (χ4v) is 1.79. The van der Waals surface area contributed by atoms with Gasteiger partial charge in [0, 0.05) is 16.2 Å². The van der Waals surface area contributed by atoms with Crippen LogP contribution >= 0.6 is 28.6 Å². The van der Waals surface area contributed by atoms with E-state index in [2.05, 4.69) is 33.5 Å². The quantitative estimate of drug-likeness (QED) is 0.843. The molecule has 1 aromatic rings. The van der Waals surface area contributed by atoms with Gasteiger partial charge in [-0.2, -0.15) is 12.6 Å². The molecular formula is C9H12BrNOS. The Bertz CT molecular complexity index is 280. The third-order valence-electron chi connectivity index (χ3n) is 1.77. The summed E-state index contributed by atoms with van der Waals surface area (Å²) in [5.74, 6) is 1.73. The lowest BCUT2D eigenvalue weighted by Crippen LogP contribution is -1.95. The Labute approximate surface area is 92.2 Å². The standard InChI is InChI=1S/C9H12BrNOS/c1-12-9-6-11-5-8(10)7(9)3-2-4-13/h5-6,13H,2-4H2,1H3. The number of pyridine rings is 1. The van der Waals surface area contributed by atoms with Crippen LogP contribution in [0, 0.1) is 0 Å². The Balaban J connectivity index is 2.87. The fraction of sp³-hybridized carbons (Fsp3) is 0.444. The first kappa shape index (κ1) is 10.9. The van der Waals surface area contributed by atoms with Gasteiger partial charge in [0.05, 0.1) is 13.3 Å². The van der Waals surface area contributed by atoms with Crippen LogP contribution in [0.15, 0.2) is 16.9 Å². The molecule has 1 rings (SSSR count). The third-order valence-corrected chi connectivity index (χ3v) is 2.77. The summed E-state index contributed by atoms with van der Waals surface area (Å²) in [6.07, 6.45) is 5.53. The normalized spacial score (nSPS) is 10.1. The second-order valence-corrected chi connectivity index (χ2v) is 3.93. The molecule has 0 radical (unpaired) electrons. The lowest BCUT2D eigenvalue weighted by atomic mass is 10.1. The van der Waals surface area contributed by atoms with Crippen molar-refractivity contribution < 1.29 is 4.74 Å². The van der Waals surface area contributed by atoms with E-state index in [0.717, 1.165) is 28.8 Å². The lowest BCUT2D eigenvalue weighted by molar-refractivity contribution is 0.407. The van der Waals surface area contributed by atoms with Crippen molar-refractivity contribution in [1.29, 1.82) is 0 Å². The Morgan fingerprint density at radius 3 is 2.92 bits per heavy atom. The minimum atomic E-state index is 0.844. The Morgan fingerprint density at radius 1 is 1.54 bits per heavy atom. The highest BCUT2D eigenvalue weighted by Gasteiger charge is 2.06. The molecule has 0 N–H and O–H groups in total. The van der Waals surface area contributed by atoms with Crippen LogP contribution in [0.1, 0.15) is 12.0 Å². The van der Waals surface area contributed by atoms with Crippen molar-refractivity contribution in [2.75, 3.05) is 12.9 Å². The van der Waals surface area contributed by atoms with Gasteiger partial charge < -0.3 is 4.74 Å². The molecule has 0 unspecified atom stereocenters. The lowest BCUT2D eigenvalue weighted by Gasteiger charge is -2.08. The molecule has 0 aliphatic carbocycles. The molecule has 0 aliphatic rings. The highest BCUT2D eigenvalue weighted by Crippen LogP contribution is 2.26. The van der Waals surface area contributed by atoms with E-state index in [9.17, 15) is 0 Å². The van der Waals surface area contributed by atoms with Crippen molar-refractivity contribution in [3.05, 3.63) is 22.4 Å². The van der Waals surface area contributed by atoms with Crippen molar-refractivity contribution in [3.63, 3.8) is 0 Å². The Kier molecular flexibility index (Phi) is 4.59. The van der Waals surface area contributed by atoms with Crippen molar-refractivity contribution in [2.24, 2.45) is 0 Å². The minimum absolute atomic E-state index is 0.844. The molecule has 4 heteroatoms. The average Bonchev–Trinajstić information content (AvgIpc) is 2.15. The number of ether oxygens (including phenoxy) is 1. The van der Waals surface area contributed by atoms with Gasteiger partial charge in [0.25, 0.3) is 0 Å². The van der Waals surface area contributed by atoms with E-state index in [4.69, 9.17) is 4.74 Å². The molecule has 0 fully saturated rings. The molecule has 0 aliphatic heterocycles. The predicted octanol–water partition coefficient (Wildman–Crippen LogP) is 2.72. The number of nitrogens with zero attached hydrogens (tertiary/aromatic N) is 1. The first-order chi connectivity index (χ1) is 6.29. The second-order valence-electron chi connectivity index (χ2n) is 2.63. The summed E-state index contributed by atoms with van der Waals surface area (Å²) >= 11 is 7.63. The largest absolute Gasteiger partial charge is 0.495 e. The van der Waals surface area contributed by atoms with Gasteiger partial charge in [-0.1, -0.05) is 0 Å². The predicted molar refractivity (Wildman–Crippen MR) is 60.7 cm³/mol. The zero-order chi connectivity index (χ0) is 9.68. The summed E-state index contributed by atoms with van der Waals surface area (Å²) in [4.78, 5) is 4.03. The van der Waals surface area contributed by atoms with E-state index < -0.39 is 0 Å². The van der Waals surface area contributed by atoms with Gasteiger partial charge in [0.2, 0.25) is 0 Å². The van der Waals surface area contributed by atoms with Gasteiger partial charge in [0.1, 0.15) is 5.75 Å². The van der Waals surface area contributed by atoms with E-state index >= 15 is 0 Å². The maximum absolute atomic E-state index is 5.21. The molecule has 13 heavy (non-hydrogen) atoms. The Hall–Kier alpha value is -0.220. The molecule has 1 aromatic heterocycles. The molecule has 0 saturated heterocycles. The van der Waals surface area contributed by atoms with E-state index in [1.54, 1.807) is 19.5 Å². The molecule has 0 spiro atoms. The van der Waals surface area contributed by atoms with E-state index in [0.29, 0.717) is 0 Å². The topological polar surface area (TPSA) is 22.1 Å². The van der Waals surface area contributed by atoms with E-state index in [1.807, 2.05) is 0 Å². The smallest absolute Gasteiger partial charge is 0.141 e. The number of thiol groups is 1. The van der Waals surface area contributed by atoms with Gasteiger partial charge in [-0.15, -0.1) is 0 Å². The Morgan fingerprint density at radius 2 is 2.31 bits per heavy atom. The molecule has 2 nitrogen and oxygen atoms in total. The minimum Gasteiger partial charge on any atom is -0.495 e. The second kappa shape index (κ2) is 5.50. The van der Waals surface area contributed by atoms with Crippen LogP contribution in [0.5, 0.6) is 5.75 Å². The van der Waals surface area contributed by atoms with Gasteiger partial charge in [-0.25, -0.2) is 0 Å². The van der Waals surface area contributed by atoms with Gasteiger partial charge >= 0.3 is 0 Å². The highest BCUT2D eigenvalue weighted by atomic mass is 79.9. The summed E-state index contributed by atoms with van der Waals surface area (Å²) in [7, 11) is 1.66. The van der Waals surface area contributed by atoms with Crippen LogP contribution < -0.4 is 4.74 Å². The number of aromatic nitrogens is 1. The number of hydrogen-bond donors (Lipinski definition) is 1. The van der Waals surface area contributed by atoms with Crippen LogP contribution in [0.3, 0.4) is 0 Å². The molecule has 0 amide bonds. The average molecular weight is 262 g/mol. The maximum atomic E-state index is 5.21. The van der Waals surface area contributed by atoms with Crippen LogP contribution in [0.2, 0.25) is 0 Å². The molecule has 0 atom stereocenters. The number of rotatable bonds is 4. The third kappa shape index (κ3) is 2.88. The molecule has 1 heterocycles. The van der Waals surface area contributed by atoms with Crippen molar-refractivity contribution in [3.8, 4) is 5.75 Å². The fourth-order valence-electron chi connectivity index (χ4n) is 1.12. The zero-order valence-electron chi connectivity index (χ0n) is 7.46. The summed E-state index contributed by atoms with van der Waals surface area (Å²) in [5, 5.41) is 0. The maximum Gasteiger partial charge on any atom is 0.141 e. The van der Waals surface area contributed by atoms with E-state index in [-0.39, 0.29) is 0 Å². The number of methoxy groups -OCH3 is 1. The molecular weight excluding hydrogens is 250 g/mol. The molecule has 0 bridgehead atoms. The summed E-state index contributed by atoms with van der Waals surface area (Å²) in [6, 6.07) is 0. The van der Waals surface area contributed by atoms with Crippen LogP contribution in [-0.2, 0) is 6.42 Å². The van der Waals surface area contributed by atoms with Crippen molar-refractivity contribution in [2.45, 2.75) is 12.8 Å². The highest BCUT2D eigenvalue weighted by molar-refractivity contribution is 9.10. The molecule has 72 valence electrons. The van der Waals surface area contributed by atoms with E-state index in [1.165, 1.54) is 5.56 Å². The van der Waals surface area contributed by atoms with Crippen molar-refractivity contribution in [1.82, 2.24) is 4.98 Å². The molecule has 0 saturated carbocycles. The summed E-state index contributed by atoms with van der Waals surface area (Å²) < 4.78 is 6.21. The first-order valence-corrected chi connectivity index (χ1v) is 5.49. The van der Waals surface area contributed by atoms with Gasteiger partial charge in [0.15, 0.2) is 0 Å². The first-order valence-electron chi connectivity index (χ1n) is 4.06.